The van der Waals surface area contributed by atoms with E-state index in [0.717, 1.165) is 0 Å². The molecule has 0 atom stereocenters. The van der Waals surface area contributed by atoms with Crippen LogP contribution in [0.25, 0.3) is 0 Å². The van der Waals surface area contributed by atoms with Gasteiger partial charge in [0.05, 0.1) is 11.3 Å². The summed E-state index contributed by atoms with van der Waals surface area (Å²) in [4.78, 5) is 0. The fourth-order valence-electron chi connectivity index (χ4n) is 0.851. The monoisotopic (exact) mass is 197 g/mol. The van der Waals surface area contributed by atoms with Gasteiger partial charge in [0.1, 0.15) is 5.82 Å². The number of para-hydroxylation sites is 1. The molecule has 0 aliphatic heterocycles. The Kier molecular flexibility index (Phi) is 3.60. The molecule has 0 bridgehead atoms. The largest absolute Gasteiger partial charge is 0.395 e. The zero-order valence-electron chi connectivity index (χ0n) is 6.98. The minimum atomic E-state index is -0.433. The van der Waals surface area contributed by atoms with E-state index in [9.17, 15) is 4.39 Å². The van der Waals surface area contributed by atoms with Crippen molar-refractivity contribution in [3.05, 3.63) is 29.6 Å². The minimum Gasteiger partial charge on any atom is -0.395 e. The standard InChI is InChI=1S/C10H9ClFN/c11-7-2-1-4-8-5-3-6-9(12)10(8)13/h3,5-6H,2,7,13H2. The molecule has 2 N–H and O–H groups in total. The van der Waals surface area contributed by atoms with Gasteiger partial charge in [0.25, 0.3) is 0 Å². The average Bonchev–Trinajstić information content (AvgIpc) is 2.13. The van der Waals surface area contributed by atoms with Crippen molar-refractivity contribution in [2.24, 2.45) is 0 Å². The Balaban J connectivity index is 2.91. The van der Waals surface area contributed by atoms with E-state index in [1.165, 1.54) is 6.07 Å². The molecule has 0 aliphatic rings. The van der Waals surface area contributed by atoms with Crippen LogP contribution in [0.5, 0.6) is 0 Å². The quantitative estimate of drug-likeness (QED) is 0.418. The highest BCUT2D eigenvalue weighted by Crippen LogP contribution is 2.14. The maximum absolute atomic E-state index is 12.9. The number of halogens is 2. The van der Waals surface area contributed by atoms with Crippen LogP contribution in [-0.2, 0) is 0 Å². The Labute approximate surface area is 81.7 Å². The summed E-state index contributed by atoms with van der Waals surface area (Å²) in [5, 5.41) is 0. The maximum atomic E-state index is 12.9. The van der Waals surface area contributed by atoms with Crippen molar-refractivity contribution >= 4 is 17.3 Å². The van der Waals surface area contributed by atoms with Gasteiger partial charge in [0, 0.05) is 12.3 Å². The second-order valence-corrected chi connectivity index (χ2v) is 2.82. The molecule has 0 heterocycles. The molecule has 1 nitrogen and oxygen atoms in total. The summed E-state index contributed by atoms with van der Waals surface area (Å²) < 4.78 is 12.9. The van der Waals surface area contributed by atoms with Crippen LogP contribution >= 0.6 is 11.6 Å². The van der Waals surface area contributed by atoms with Gasteiger partial charge in [-0.05, 0) is 12.1 Å². The second kappa shape index (κ2) is 4.74. The molecule has 0 fully saturated rings. The first-order valence-corrected chi connectivity index (χ1v) is 4.38. The SMILES string of the molecule is Nc1c(F)cccc1C#CCCCl. The Hall–Kier alpha value is -1.20. The molecule has 68 valence electrons. The number of anilines is 1. The predicted molar refractivity (Wildman–Crippen MR) is 53.0 cm³/mol. The highest BCUT2D eigenvalue weighted by atomic mass is 35.5. The van der Waals surface area contributed by atoms with E-state index in [4.69, 9.17) is 17.3 Å². The first-order valence-electron chi connectivity index (χ1n) is 3.84. The summed E-state index contributed by atoms with van der Waals surface area (Å²) >= 11 is 5.43. The summed E-state index contributed by atoms with van der Waals surface area (Å²) in [5.74, 6) is 5.59. The lowest BCUT2D eigenvalue weighted by molar-refractivity contribution is 0.632. The molecule has 0 radical (unpaired) electrons. The lowest BCUT2D eigenvalue weighted by Gasteiger charge is -1.97. The van der Waals surface area contributed by atoms with Crippen molar-refractivity contribution in [3.8, 4) is 11.8 Å². The van der Waals surface area contributed by atoms with Crippen LogP contribution in [0, 0.1) is 17.7 Å². The molecule has 3 heteroatoms. The van der Waals surface area contributed by atoms with Gasteiger partial charge in [-0.1, -0.05) is 17.9 Å². The van der Waals surface area contributed by atoms with Crippen LogP contribution < -0.4 is 5.73 Å². The van der Waals surface area contributed by atoms with Gasteiger partial charge in [0.15, 0.2) is 0 Å². The molecule has 0 unspecified atom stereocenters. The minimum absolute atomic E-state index is 0.101. The van der Waals surface area contributed by atoms with Crippen molar-refractivity contribution in [2.75, 3.05) is 11.6 Å². The molecule has 0 saturated carbocycles. The van der Waals surface area contributed by atoms with Crippen LogP contribution in [0.1, 0.15) is 12.0 Å². The molecule has 0 aliphatic carbocycles. The zero-order chi connectivity index (χ0) is 9.68. The van der Waals surface area contributed by atoms with Crippen LogP contribution in [-0.4, -0.2) is 5.88 Å². The van der Waals surface area contributed by atoms with E-state index in [0.29, 0.717) is 17.9 Å². The van der Waals surface area contributed by atoms with Crippen molar-refractivity contribution < 1.29 is 4.39 Å². The predicted octanol–water partition coefficient (Wildman–Crippen LogP) is 2.39. The first kappa shape index (κ1) is 9.88. The fraction of sp³-hybridized carbons (Fsp3) is 0.200. The van der Waals surface area contributed by atoms with Gasteiger partial charge in [0.2, 0.25) is 0 Å². The lowest BCUT2D eigenvalue weighted by atomic mass is 10.2. The van der Waals surface area contributed by atoms with Crippen LogP contribution in [0.15, 0.2) is 18.2 Å². The lowest BCUT2D eigenvalue weighted by Crippen LogP contribution is -1.93. The van der Waals surface area contributed by atoms with E-state index in [1.807, 2.05) is 0 Å². The average molecular weight is 198 g/mol. The molecule has 1 rings (SSSR count). The fourth-order valence-corrected chi connectivity index (χ4v) is 0.945. The third-order valence-electron chi connectivity index (χ3n) is 1.50. The van der Waals surface area contributed by atoms with E-state index >= 15 is 0 Å². The van der Waals surface area contributed by atoms with Crippen molar-refractivity contribution in [1.29, 1.82) is 0 Å². The summed E-state index contributed by atoms with van der Waals surface area (Å²) in [5.41, 5.74) is 6.07. The number of hydrogen-bond donors (Lipinski definition) is 1. The van der Waals surface area contributed by atoms with Gasteiger partial charge < -0.3 is 5.73 Å². The highest BCUT2D eigenvalue weighted by Gasteiger charge is 1.99. The normalized spacial score (nSPS) is 9.08. The Morgan fingerprint density at radius 3 is 2.92 bits per heavy atom. The van der Waals surface area contributed by atoms with Crippen molar-refractivity contribution in [1.82, 2.24) is 0 Å². The second-order valence-electron chi connectivity index (χ2n) is 2.44. The number of rotatable bonds is 1. The van der Waals surface area contributed by atoms with Gasteiger partial charge in [-0.15, -0.1) is 11.6 Å². The molecule has 1 aromatic rings. The van der Waals surface area contributed by atoms with Crippen LogP contribution in [0.3, 0.4) is 0 Å². The van der Waals surface area contributed by atoms with E-state index < -0.39 is 5.82 Å². The van der Waals surface area contributed by atoms with E-state index in [1.54, 1.807) is 12.1 Å². The first-order chi connectivity index (χ1) is 6.25. The summed E-state index contributed by atoms with van der Waals surface area (Å²) in [6.07, 6.45) is 0.581. The highest BCUT2D eigenvalue weighted by molar-refractivity contribution is 6.18. The van der Waals surface area contributed by atoms with Crippen molar-refractivity contribution in [2.45, 2.75) is 6.42 Å². The third-order valence-corrected chi connectivity index (χ3v) is 1.68. The maximum Gasteiger partial charge on any atom is 0.147 e. The van der Waals surface area contributed by atoms with Crippen LogP contribution in [0.2, 0.25) is 0 Å². The third kappa shape index (κ3) is 2.64. The Bertz CT molecular complexity index is 352. The Morgan fingerprint density at radius 2 is 2.23 bits per heavy atom. The number of benzene rings is 1. The molecule has 1 aromatic carbocycles. The number of alkyl halides is 1. The molecular formula is C10H9ClFN. The van der Waals surface area contributed by atoms with E-state index in [-0.39, 0.29) is 5.69 Å². The molecule has 0 aromatic heterocycles. The van der Waals surface area contributed by atoms with Gasteiger partial charge >= 0.3 is 0 Å². The smallest absolute Gasteiger partial charge is 0.147 e. The van der Waals surface area contributed by atoms with E-state index in [2.05, 4.69) is 11.8 Å². The van der Waals surface area contributed by atoms with Gasteiger partial charge in [-0.3, -0.25) is 0 Å². The Morgan fingerprint density at radius 1 is 1.46 bits per heavy atom. The molecular weight excluding hydrogens is 189 g/mol. The molecule has 0 amide bonds. The molecule has 13 heavy (non-hydrogen) atoms. The molecule has 0 spiro atoms. The summed E-state index contributed by atoms with van der Waals surface area (Å²) in [6.45, 7) is 0. The van der Waals surface area contributed by atoms with Crippen LogP contribution in [0.4, 0.5) is 10.1 Å². The number of nitrogens with two attached hydrogens (primary N) is 1. The number of hydrogen-bond acceptors (Lipinski definition) is 1. The summed E-state index contributed by atoms with van der Waals surface area (Å²) in [7, 11) is 0. The summed E-state index contributed by atoms with van der Waals surface area (Å²) in [6, 6.07) is 4.57. The zero-order valence-corrected chi connectivity index (χ0v) is 7.74. The topological polar surface area (TPSA) is 26.0 Å². The molecule has 0 saturated heterocycles. The van der Waals surface area contributed by atoms with Gasteiger partial charge in [-0.25, -0.2) is 4.39 Å². The number of nitrogen functional groups attached to an aromatic ring is 1. The van der Waals surface area contributed by atoms with Gasteiger partial charge in [-0.2, -0.15) is 0 Å². The van der Waals surface area contributed by atoms with Crippen molar-refractivity contribution in [3.63, 3.8) is 0 Å².